The van der Waals surface area contributed by atoms with Gasteiger partial charge in [-0.2, -0.15) is 0 Å². The van der Waals surface area contributed by atoms with Gasteiger partial charge in [0.15, 0.2) is 6.61 Å². The van der Waals surface area contributed by atoms with E-state index in [0.29, 0.717) is 10.6 Å². The number of thiophene rings is 1. The number of hydrogen-bond acceptors (Lipinski definition) is 5. The molecule has 3 rings (SSSR count). The van der Waals surface area contributed by atoms with Gasteiger partial charge in [-0.1, -0.05) is 12.1 Å². The van der Waals surface area contributed by atoms with Crippen molar-refractivity contribution >= 4 is 39.8 Å². The fourth-order valence-corrected chi connectivity index (χ4v) is 3.52. The molecule has 0 atom stereocenters. The van der Waals surface area contributed by atoms with E-state index in [9.17, 15) is 18.8 Å². The number of esters is 1. The first-order valence-corrected chi connectivity index (χ1v) is 9.30. The molecule has 1 aliphatic carbocycles. The number of benzene rings is 1. The Balaban J connectivity index is 1.64. The number of aryl methyl sites for hydroxylation is 1. The minimum Gasteiger partial charge on any atom is -0.452 e. The van der Waals surface area contributed by atoms with E-state index in [2.05, 4.69) is 10.6 Å². The molecule has 6 nitrogen and oxygen atoms in total. The standard InChI is InChI=1S/C19H19FN2O4S/c1-10-11(2)27-18(22-17(24)12-7-8-12)16(10)19(25)26-9-15(23)21-14-6-4-3-5-13(14)20/h3-6,12H,7-9H2,1-2H3,(H,21,23)(H,22,24). The van der Waals surface area contributed by atoms with Crippen LogP contribution in [-0.2, 0) is 14.3 Å². The van der Waals surface area contributed by atoms with Gasteiger partial charge in [0.05, 0.1) is 11.3 Å². The number of anilines is 2. The van der Waals surface area contributed by atoms with Crippen molar-refractivity contribution in [3.63, 3.8) is 0 Å². The molecule has 8 heteroatoms. The van der Waals surface area contributed by atoms with Gasteiger partial charge in [-0.25, -0.2) is 9.18 Å². The third-order valence-corrected chi connectivity index (χ3v) is 5.38. The maximum absolute atomic E-state index is 13.6. The molecule has 1 saturated carbocycles. The van der Waals surface area contributed by atoms with Crippen molar-refractivity contribution in [2.24, 2.45) is 5.92 Å². The normalized spacial score (nSPS) is 13.1. The largest absolute Gasteiger partial charge is 0.452 e. The van der Waals surface area contributed by atoms with Crippen LogP contribution >= 0.6 is 11.3 Å². The van der Waals surface area contributed by atoms with Crippen molar-refractivity contribution in [3.8, 4) is 0 Å². The molecule has 0 spiro atoms. The first-order valence-electron chi connectivity index (χ1n) is 8.49. The lowest BCUT2D eigenvalue weighted by molar-refractivity contribution is -0.119. The highest BCUT2D eigenvalue weighted by Crippen LogP contribution is 2.36. The molecule has 27 heavy (non-hydrogen) atoms. The van der Waals surface area contributed by atoms with Gasteiger partial charge in [-0.05, 0) is 44.4 Å². The Kier molecular flexibility index (Phi) is 5.55. The number of ether oxygens (including phenoxy) is 1. The second-order valence-corrected chi connectivity index (χ2v) is 7.58. The average Bonchev–Trinajstić information content (AvgIpc) is 3.43. The first kappa shape index (κ1) is 19.0. The summed E-state index contributed by atoms with van der Waals surface area (Å²) in [6.07, 6.45) is 1.70. The number of amides is 2. The van der Waals surface area contributed by atoms with E-state index in [0.717, 1.165) is 17.7 Å². The summed E-state index contributed by atoms with van der Waals surface area (Å²) >= 11 is 1.30. The molecule has 2 amide bonds. The van der Waals surface area contributed by atoms with Gasteiger partial charge in [-0.15, -0.1) is 11.3 Å². The van der Waals surface area contributed by atoms with Gasteiger partial charge < -0.3 is 15.4 Å². The second kappa shape index (κ2) is 7.87. The van der Waals surface area contributed by atoms with Crippen LogP contribution in [0.4, 0.5) is 15.1 Å². The second-order valence-electron chi connectivity index (χ2n) is 6.36. The first-order chi connectivity index (χ1) is 12.9. The predicted octanol–water partition coefficient (Wildman–Crippen LogP) is 3.65. The van der Waals surface area contributed by atoms with Crippen molar-refractivity contribution < 1.29 is 23.5 Å². The van der Waals surface area contributed by atoms with Gasteiger partial charge >= 0.3 is 5.97 Å². The summed E-state index contributed by atoms with van der Waals surface area (Å²) in [5, 5.41) is 5.56. The smallest absolute Gasteiger partial charge is 0.341 e. The minimum absolute atomic E-state index is 0.00290. The summed E-state index contributed by atoms with van der Waals surface area (Å²) in [4.78, 5) is 37.3. The van der Waals surface area contributed by atoms with Crippen LogP contribution in [0, 0.1) is 25.6 Å². The van der Waals surface area contributed by atoms with Crippen molar-refractivity contribution in [1.82, 2.24) is 0 Å². The molecule has 0 aliphatic heterocycles. The van der Waals surface area contributed by atoms with E-state index in [1.807, 2.05) is 6.92 Å². The zero-order chi connectivity index (χ0) is 19.6. The van der Waals surface area contributed by atoms with Crippen LogP contribution in [0.1, 0.15) is 33.6 Å². The maximum Gasteiger partial charge on any atom is 0.341 e. The van der Waals surface area contributed by atoms with Crippen molar-refractivity contribution in [3.05, 3.63) is 46.1 Å². The molecule has 1 aromatic heterocycles. The summed E-state index contributed by atoms with van der Waals surface area (Å²) in [5.41, 5.74) is 0.967. The van der Waals surface area contributed by atoms with Gasteiger partial charge in [-0.3, -0.25) is 9.59 Å². The molecule has 0 unspecified atom stereocenters. The summed E-state index contributed by atoms with van der Waals surface area (Å²) in [6, 6.07) is 5.71. The highest BCUT2D eigenvalue weighted by Gasteiger charge is 2.31. The molecule has 0 saturated heterocycles. The van der Waals surface area contributed by atoms with Crippen LogP contribution in [0.5, 0.6) is 0 Å². The van der Waals surface area contributed by atoms with E-state index in [-0.39, 0.29) is 23.1 Å². The van der Waals surface area contributed by atoms with Crippen molar-refractivity contribution in [1.29, 1.82) is 0 Å². The number of rotatable bonds is 6. The topological polar surface area (TPSA) is 84.5 Å². The van der Waals surface area contributed by atoms with Crippen LogP contribution < -0.4 is 10.6 Å². The predicted molar refractivity (Wildman–Crippen MR) is 100 cm³/mol. The number of carbonyl (C=O) groups is 3. The Labute approximate surface area is 159 Å². The van der Waals surface area contributed by atoms with E-state index < -0.39 is 24.3 Å². The summed E-state index contributed by atoms with van der Waals surface area (Å²) in [6.45, 7) is 3.04. The number of halogens is 1. The lowest BCUT2D eigenvalue weighted by Gasteiger charge is -2.09. The molecule has 142 valence electrons. The SMILES string of the molecule is Cc1sc(NC(=O)C2CC2)c(C(=O)OCC(=O)Nc2ccccc2F)c1C. The van der Waals surface area contributed by atoms with Crippen molar-refractivity contribution in [2.75, 3.05) is 17.2 Å². The van der Waals surface area contributed by atoms with Crippen LogP contribution in [0.15, 0.2) is 24.3 Å². The third kappa shape index (κ3) is 4.51. The molecule has 2 N–H and O–H groups in total. The Hall–Kier alpha value is -2.74. The van der Waals surface area contributed by atoms with Crippen LogP contribution in [0.3, 0.4) is 0 Å². The van der Waals surface area contributed by atoms with Gasteiger partial charge in [0.2, 0.25) is 5.91 Å². The highest BCUT2D eigenvalue weighted by atomic mass is 32.1. The lowest BCUT2D eigenvalue weighted by Crippen LogP contribution is -2.22. The average molecular weight is 390 g/mol. The van der Waals surface area contributed by atoms with E-state index >= 15 is 0 Å². The fraction of sp³-hybridized carbons (Fsp3) is 0.316. The number of hydrogen-bond donors (Lipinski definition) is 2. The van der Waals surface area contributed by atoms with E-state index in [1.54, 1.807) is 13.0 Å². The zero-order valence-electron chi connectivity index (χ0n) is 14.9. The summed E-state index contributed by atoms with van der Waals surface area (Å²) < 4.78 is 18.6. The molecular formula is C19H19FN2O4S. The zero-order valence-corrected chi connectivity index (χ0v) is 15.7. The number of nitrogens with one attached hydrogen (secondary N) is 2. The minimum atomic E-state index is -0.702. The van der Waals surface area contributed by atoms with Crippen LogP contribution in [0.2, 0.25) is 0 Å². The Morgan fingerprint density at radius 2 is 1.89 bits per heavy atom. The highest BCUT2D eigenvalue weighted by molar-refractivity contribution is 7.16. The van der Waals surface area contributed by atoms with Gasteiger partial charge in [0.1, 0.15) is 10.8 Å². The quantitative estimate of drug-likeness (QED) is 0.738. The monoisotopic (exact) mass is 390 g/mol. The fourth-order valence-electron chi connectivity index (χ4n) is 2.47. The summed E-state index contributed by atoms with van der Waals surface area (Å²) in [5.74, 6) is -2.04. The summed E-state index contributed by atoms with van der Waals surface area (Å²) in [7, 11) is 0. The Bertz CT molecular complexity index is 905. The maximum atomic E-state index is 13.6. The Morgan fingerprint density at radius 3 is 2.56 bits per heavy atom. The molecule has 1 heterocycles. The molecule has 1 aliphatic rings. The Morgan fingerprint density at radius 1 is 1.19 bits per heavy atom. The molecule has 2 aromatic rings. The lowest BCUT2D eigenvalue weighted by atomic mass is 10.1. The molecule has 0 radical (unpaired) electrons. The number of para-hydroxylation sites is 1. The molecular weight excluding hydrogens is 371 g/mol. The van der Waals surface area contributed by atoms with Crippen LogP contribution in [-0.4, -0.2) is 24.4 Å². The van der Waals surface area contributed by atoms with E-state index in [4.69, 9.17) is 4.74 Å². The van der Waals surface area contributed by atoms with Crippen molar-refractivity contribution in [2.45, 2.75) is 26.7 Å². The van der Waals surface area contributed by atoms with Gasteiger partial charge in [0.25, 0.3) is 5.91 Å². The van der Waals surface area contributed by atoms with E-state index in [1.165, 1.54) is 29.5 Å². The molecule has 1 fully saturated rings. The van der Waals surface area contributed by atoms with Gasteiger partial charge in [0, 0.05) is 10.8 Å². The third-order valence-electron chi connectivity index (χ3n) is 4.26. The van der Waals surface area contributed by atoms with Crippen LogP contribution in [0.25, 0.3) is 0 Å². The number of carbonyl (C=O) groups excluding carboxylic acids is 3. The molecule has 1 aromatic carbocycles. The molecule has 0 bridgehead atoms.